The Balaban J connectivity index is 1.95. The average Bonchev–Trinajstić information content (AvgIpc) is 2.60. The van der Waals surface area contributed by atoms with Gasteiger partial charge in [-0.1, -0.05) is 12.1 Å². The predicted octanol–water partition coefficient (Wildman–Crippen LogP) is 1.82. The third-order valence-electron chi connectivity index (χ3n) is 4.71. The number of nitrogens with two attached hydrogens (primary N) is 1. The Labute approximate surface area is 147 Å². The van der Waals surface area contributed by atoms with E-state index in [1.807, 2.05) is 0 Å². The lowest BCUT2D eigenvalue weighted by Crippen LogP contribution is -2.32. The van der Waals surface area contributed by atoms with Crippen LogP contribution in [0.2, 0.25) is 0 Å². The Bertz CT molecular complexity index is 1020. The van der Waals surface area contributed by atoms with Gasteiger partial charge in [0, 0.05) is 35.7 Å². The number of benzene rings is 1. The molecule has 0 bridgehead atoms. The summed E-state index contributed by atoms with van der Waals surface area (Å²) in [5, 5.41) is 14.0. The van der Waals surface area contributed by atoms with Gasteiger partial charge in [0.15, 0.2) is 5.78 Å². The van der Waals surface area contributed by atoms with Crippen molar-refractivity contribution >= 4 is 23.2 Å². The minimum atomic E-state index is -0.633. The minimum absolute atomic E-state index is 0.0186. The standard InChI is InChI=1S/C17H15N5O4/c18-17-20-15-14(16(24)21-17)12(8-4-6-9(7-5-8)22(25)26)13-10(19-15)2-1-3-11(13)23/h4-7,12H,1-3H2,(H4,18,19,20,21,24). The van der Waals surface area contributed by atoms with Crippen LogP contribution < -0.4 is 16.6 Å². The Hall–Kier alpha value is -3.49. The second-order valence-corrected chi connectivity index (χ2v) is 6.29. The summed E-state index contributed by atoms with van der Waals surface area (Å²) in [4.78, 5) is 42.2. The number of nitrogens with zero attached hydrogens (tertiary/aromatic N) is 2. The molecule has 4 rings (SSSR count). The molecule has 1 aliphatic carbocycles. The van der Waals surface area contributed by atoms with Crippen molar-refractivity contribution in [2.75, 3.05) is 11.1 Å². The molecule has 1 aromatic carbocycles. The van der Waals surface area contributed by atoms with Gasteiger partial charge in [-0.3, -0.25) is 24.7 Å². The van der Waals surface area contributed by atoms with Crippen molar-refractivity contribution < 1.29 is 9.72 Å². The first-order valence-corrected chi connectivity index (χ1v) is 8.13. The number of fused-ring (bicyclic) bond motifs is 1. The SMILES string of the molecule is Nc1nc2c(c(=O)[nH]1)C(c1ccc([N+](=O)[O-])cc1)C1=C(CCCC1=O)N2. The highest BCUT2D eigenvalue weighted by Crippen LogP contribution is 2.43. The molecule has 9 nitrogen and oxygen atoms in total. The number of nitro benzene ring substituents is 1. The second kappa shape index (κ2) is 5.80. The molecule has 4 N–H and O–H groups in total. The summed E-state index contributed by atoms with van der Waals surface area (Å²) >= 11 is 0. The van der Waals surface area contributed by atoms with E-state index in [4.69, 9.17) is 5.73 Å². The number of carbonyl (C=O) groups excluding carboxylic acids is 1. The number of nitrogen functional groups attached to an aromatic ring is 1. The number of non-ortho nitro benzene ring substituents is 1. The predicted molar refractivity (Wildman–Crippen MR) is 93.7 cm³/mol. The summed E-state index contributed by atoms with van der Waals surface area (Å²) in [6.45, 7) is 0. The number of hydrogen-bond acceptors (Lipinski definition) is 7. The highest BCUT2D eigenvalue weighted by Gasteiger charge is 2.37. The molecule has 0 fully saturated rings. The molecule has 0 saturated carbocycles. The quantitative estimate of drug-likeness (QED) is 0.551. The largest absolute Gasteiger partial charge is 0.369 e. The highest BCUT2D eigenvalue weighted by molar-refractivity contribution is 6.00. The Morgan fingerprint density at radius 1 is 1.19 bits per heavy atom. The van der Waals surface area contributed by atoms with Crippen LogP contribution >= 0.6 is 0 Å². The van der Waals surface area contributed by atoms with Crippen LogP contribution in [-0.4, -0.2) is 20.7 Å². The van der Waals surface area contributed by atoms with Crippen LogP contribution in [0.3, 0.4) is 0 Å². The lowest BCUT2D eigenvalue weighted by Gasteiger charge is -2.32. The van der Waals surface area contributed by atoms with Gasteiger partial charge in [-0.05, 0) is 18.4 Å². The van der Waals surface area contributed by atoms with Gasteiger partial charge in [0.1, 0.15) is 5.82 Å². The summed E-state index contributed by atoms with van der Waals surface area (Å²) < 4.78 is 0. The van der Waals surface area contributed by atoms with E-state index in [-0.39, 0.29) is 17.4 Å². The van der Waals surface area contributed by atoms with Crippen LogP contribution in [0.25, 0.3) is 0 Å². The van der Waals surface area contributed by atoms with Crippen LogP contribution in [0.1, 0.15) is 36.3 Å². The van der Waals surface area contributed by atoms with Crippen LogP contribution in [0, 0.1) is 10.1 Å². The van der Waals surface area contributed by atoms with Crippen LogP contribution in [0.15, 0.2) is 40.3 Å². The van der Waals surface area contributed by atoms with Gasteiger partial charge in [-0.15, -0.1) is 0 Å². The maximum atomic E-state index is 12.6. The fourth-order valence-corrected chi connectivity index (χ4v) is 3.60. The number of nitro groups is 1. The van der Waals surface area contributed by atoms with Crippen molar-refractivity contribution in [3.63, 3.8) is 0 Å². The van der Waals surface area contributed by atoms with E-state index in [9.17, 15) is 19.7 Å². The number of anilines is 2. The molecular weight excluding hydrogens is 338 g/mol. The average molecular weight is 353 g/mol. The van der Waals surface area contributed by atoms with Gasteiger partial charge in [0.05, 0.1) is 10.5 Å². The van der Waals surface area contributed by atoms with E-state index in [1.54, 1.807) is 12.1 Å². The first kappa shape index (κ1) is 16.0. The molecule has 1 aromatic heterocycles. The Morgan fingerprint density at radius 3 is 2.62 bits per heavy atom. The van der Waals surface area contributed by atoms with E-state index < -0.39 is 16.4 Å². The Morgan fingerprint density at radius 2 is 1.92 bits per heavy atom. The monoisotopic (exact) mass is 353 g/mol. The second-order valence-electron chi connectivity index (χ2n) is 6.29. The number of aromatic amines is 1. The number of Topliss-reactive ketones (excluding diaryl/α,β-unsaturated/α-hetero) is 1. The zero-order chi connectivity index (χ0) is 18.4. The third-order valence-corrected chi connectivity index (χ3v) is 4.71. The number of H-pyrrole nitrogens is 1. The normalized spacial score (nSPS) is 18.8. The molecule has 0 amide bonds. The summed E-state index contributed by atoms with van der Waals surface area (Å²) in [7, 11) is 0. The zero-order valence-electron chi connectivity index (χ0n) is 13.6. The molecular formula is C17H15N5O4. The van der Waals surface area contributed by atoms with Crippen molar-refractivity contribution in [3.05, 3.63) is 67.1 Å². The topological polar surface area (TPSA) is 144 Å². The minimum Gasteiger partial charge on any atom is -0.369 e. The van der Waals surface area contributed by atoms with Crippen molar-refractivity contribution in [2.24, 2.45) is 0 Å². The number of ketones is 1. The van der Waals surface area contributed by atoms with Gasteiger partial charge < -0.3 is 11.1 Å². The number of nitrogens with one attached hydrogen (secondary N) is 2. The zero-order valence-corrected chi connectivity index (χ0v) is 13.6. The third kappa shape index (κ3) is 2.44. The molecule has 0 saturated heterocycles. The molecule has 2 aliphatic rings. The summed E-state index contributed by atoms with van der Waals surface area (Å²) in [5.74, 6) is -0.367. The molecule has 1 unspecified atom stereocenters. The van der Waals surface area contributed by atoms with Crippen LogP contribution in [0.5, 0.6) is 0 Å². The maximum absolute atomic E-state index is 12.6. The number of aromatic nitrogens is 2. The fraction of sp³-hybridized carbons (Fsp3) is 0.235. The lowest BCUT2D eigenvalue weighted by molar-refractivity contribution is -0.384. The molecule has 0 spiro atoms. The maximum Gasteiger partial charge on any atom is 0.269 e. The lowest BCUT2D eigenvalue weighted by atomic mass is 9.76. The summed E-state index contributed by atoms with van der Waals surface area (Å²) in [6.07, 6.45) is 1.78. The van der Waals surface area contributed by atoms with Crippen molar-refractivity contribution in [3.8, 4) is 0 Å². The first-order valence-electron chi connectivity index (χ1n) is 8.13. The molecule has 132 valence electrons. The molecule has 2 aromatic rings. The van der Waals surface area contributed by atoms with Gasteiger partial charge in [-0.2, -0.15) is 4.98 Å². The van der Waals surface area contributed by atoms with E-state index in [2.05, 4.69) is 15.3 Å². The van der Waals surface area contributed by atoms with Gasteiger partial charge >= 0.3 is 0 Å². The fourth-order valence-electron chi connectivity index (χ4n) is 3.60. The van der Waals surface area contributed by atoms with E-state index in [0.29, 0.717) is 41.8 Å². The number of rotatable bonds is 2. The van der Waals surface area contributed by atoms with Crippen LogP contribution in [0.4, 0.5) is 17.5 Å². The Kier molecular flexibility index (Phi) is 3.57. The van der Waals surface area contributed by atoms with Crippen molar-refractivity contribution in [1.82, 2.24) is 9.97 Å². The van der Waals surface area contributed by atoms with E-state index in [0.717, 1.165) is 5.70 Å². The molecule has 1 aliphatic heterocycles. The molecule has 0 radical (unpaired) electrons. The number of carbonyl (C=O) groups is 1. The van der Waals surface area contributed by atoms with Gasteiger partial charge in [-0.25, -0.2) is 0 Å². The first-order chi connectivity index (χ1) is 12.5. The highest BCUT2D eigenvalue weighted by atomic mass is 16.6. The summed E-state index contributed by atoms with van der Waals surface area (Å²) in [5.41, 5.74) is 7.33. The van der Waals surface area contributed by atoms with Crippen molar-refractivity contribution in [1.29, 1.82) is 0 Å². The number of allylic oxidation sites excluding steroid dienone is 2. The molecule has 9 heteroatoms. The smallest absolute Gasteiger partial charge is 0.269 e. The molecule has 1 atom stereocenters. The summed E-state index contributed by atoms with van der Waals surface area (Å²) in [6, 6.07) is 5.87. The van der Waals surface area contributed by atoms with Gasteiger partial charge in [0.25, 0.3) is 11.2 Å². The molecule has 2 heterocycles. The van der Waals surface area contributed by atoms with Crippen molar-refractivity contribution in [2.45, 2.75) is 25.2 Å². The van der Waals surface area contributed by atoms with E-state index >= 15 is 0 Å². The van der Waals surface area contributed by atoms with Crippen LogP contribution in [-0.2, 0) is 4.79 Å². The van der Waals surface area contributed by atoms with E-state index in [1.165, 1.54) is 12.1 Å². The number of hydrogen-bond donors (Lipinski definition) is 3. The van der Waals surface area contributed by atoms with Gasteiger partial charge in [0.2, 0.25) is 5.95 Å². The molecule has 26 heavy (non-hydrogen) atoms.